The fourth-order valence-electron chi connectivity index (χ4n) is 2.16. The molecule has 1 saturated heterocycles. The second kappa shape index (κ2) is 4.74. The number of nitrogens with zero attached hydrogens (tertiary/aromatic N) is 3. The van der Waals surface area contributed by atoms with Crippen LogP contribution in [-0.2, 0) is 0 Å². The molecule has 5 heteroatoms. The molecule has 1 aliphatic rings. The van der Waals surface area contributed by atoms with Gasteiger partial charge < -0.3 is 10.6 Å². The maximum Gasteiger partial charge on any atom is 0.147 e. The predicted octanol–water partition coefficient (Wildman–Crippen LogP) is 1.49. The van der Waals surface area contributed by atoms with Crippen LogP contribution in [0.15, 0.2) is 12.4 Å². The number of aromatic nitrogens is 2. The first-order valence-corrected chi connectivity index (χ1v) is 6.01. The fraction of sp³-hybridized carbons (Fsp3) is 0.545. The molecule has 1 aliphatic heterocycles. The Morgan fingerprint density at radius 2 is 2.38 bits per heavy atom. The Labute approximate surface area is 101 Å². The number of thiocarbonyl (C=S) groups is 1. The smallest absolute Gasteiger partial charge is 0.147 e. The zero-order chi connectivity index (χ0) is 11.5. The summed E-state index contributed by atoms with van der Waals surface area (Å²) in [5.74, 6) is 0.935. The van der Waals surface area contributed by atoms with Crippen LogP contribution in [0.3, 0.4) is 0 Å². The van der Waals surface area contributed by atoms with Crippen molar-refractivity contribution in [1.82, 2.24) is 9.97 Å². The van der Waals surface area contributed by atoms with Crippen molar-refractivity contribution in [3.05, 3.63) is 18.1 Å². The summed E-state index contributed by atoms with van der Waals surface area (Å²) in [6.07, 6.45) is 7.05. The van der Waals surface area contributed by atoms with Crippen LogP contribution in [0.4, 0.5) is 5.82 Å². The van der Waals surface area contributed by atoms with Gasteiger partial charge in [-0.05, 0) is 19.3 Å². The molecule has 1 fully saturated rings. The number of rotatable bonds is 3. The number of nitrogens with two attached hydrogens (primary N) is 1. The molecule has 0 bridgehead atoms. The van der Waals surface area contributed by atoms with Crippen molar-refractivity contribution < 1.29 is 0 Å². The number of hydrogen-bond donors (Lipinski definition) is 1. The SMILES string of the molecule is CCC1CCCN1c1cnc(C(N)=S)cn1. The summed E-state index contributed by atoms with van der Waals surface area (Å²) in [5.41, 5.74) is 6.07. The molecule has 0 aliphatic carbocycles. The summed E-state index contributed by atoms with van der Waals surface area (Å²) in [4.78, 5) is 11.2. The third-order valence-corrected chi connectivity index (χ3v) is 3.24. The fourth-order valence-corrected chi connectivity index (χ4v) is 2.26. The Hall–Kier alpha value is -1.23. The largest absolute Gasteiger partial charge is 0.388 e. The van der Waals surface area contributed by atoms with Gasteiger partial charge in [-0.25, -0.2) is 9.97 Å². The summed E-state index contributed by atoms with van der Waals surface area (Å²) in [6.45, 7) is 3.28. The molecule has 2 rings (SSSR count). The van der Waals surface area contributed by atoms with E-state index in [-0.39, 0.29) is 0 Å². The summed E-state index contributed by atoms with van der Waals surface area (Å²) in [7, 11) is 0. The average Bonchev–Trinajstić information content (AvgIpc) is 2.77. The molecule has 2 heterocycles. The molecule has 86 valence electrons. The minimum atomic E-state index is 0.299. The van der Waals surface area contributed by atoms with Gasteiger partial charge in [0.1, 0.15) is 16.5 Å². The Bertz CT molecular complexity index is 376. The van der Waals surface area contributed by atoms with E-state index in [1.165, 1.54) is 12.8 Å². The zero-order valence-electron chi connectivity index (χ0n) is 9.39. The van der Waals surface area contributed by atoms with E-state index in [1.807, 2.05) is 0 Å². The van der Waals surface area contributed by atoms with Crippen LogP contribution in [-0.4, -0.2) is 27.5 Å². The lowest BCUT2D eigenvalue weighted by Gasteiger charge is -2.24. The molecule has 1 unspecified atom stereocenters. The maximum atomic E-state index is 5.49. The molecule has 2 N–H and O–H groups in total. The molecule has 0 aromatic carbocycles. The van der Waals surface area contributed by atoms with Crippen molar-refractivity contribution in [2.75, 3.05) is 11.4 Å². The van der Waals surface area contributed by atoms with E-state index >= 15 is 0 Å². The Kier molecular flexibility index (Phi) is 3.33. The van der Waals surface area contributed by atoms with Gasteiger partial charge in [-0.3, -0.25) is 0 Å². The first-order valence-electron chi connectivity index (χ1n) is 5.61. The van der Waals surface area contributed by atoms with Gasteiger partial charge in [0.05, 0.1) is 12.4 Å². The van der Waals surface area contributed by atoms with E-state index in [1.54, 1.807) is 12.4 Å². The van der Waals surface area contributed by atoms with Crippen LogP contribution in [0.5, 0.6) is 0 Å². The number of hydrogen-bond acceptors (Lipinski definition) is 4. The Morgan fingerprint density at radius 3 is 2.94 bits per heavy atom. The second-order valence-electron chi connectivity index (χ2n) is 4.02. The van der Waals surface area contributed by atoms with E-state index in [0.717, 1.165) is 18.8 Å². The topological polar surface area (TPSA) is 55.0 Å². The Morgan fingerprint density at radius 1 is 1.56 bits per heavy atom. The highest BCUT2D eigenvalue weighted by Crippen LogP contribution is 2.24. The molecule has 1 aromatic heterocycles. The standard InChI is InChI=1S/C11H16N4S/c1-2-8-4-3-5-15(8)10-7-13-9(6-14-10)11(12)16/h6-8H,2-5H2,1H3,(H2,12,16). The van der Waals surface area contributed by atoms with Gasteiger partial charge >= 0.3 is 0 Å². The summed E-state index contributed by atoms with van der Waals surface area (Å²) >= 11 is 4.85. The molecule has 0 spiro atoms. The van der Waals surface area contributed by atoms with E-state index in [9.17, 15) is 0 Å². The van der Waals surface area contributed by atoms with Gasteiger partial charge in [-0.15, -0.1) is 0 Å². The highest BCUT2D eigenvalue weighted by atomic mass is 32.1. The molecule has 1 aromatic rings. The van der Waals surface area contributed by atoms with E-state index in [2.05, 4.69) is 21.8 Å². The van der Waals surface area contributed by atoms with Crippen LogP contribution in [0.1, 0.15) is 31.9 Å². The minimum Gasteiger partial charge on any atom is -0.388 e. The van der Waals surface area contributed by atoms with Crippen molar-refractivity contribution in [3.63, 3.8) is 0 Å². The molecule has 1 atom stereocenters. The monoisotopic (exact) mass is 236 g/mol. The lowest BCUT2D eigenvalue weighted by molar-refractivity contribution is 0.639. The zero-order valence-corrected chi connectivity index (χ0v) is 10.2. The van der Waals surface area contributed by atoms with Crippen LogP contribution >= 0.6 is 12.2 Å². The Balaban J connectivity index is 2.18. The van der Waals surface area contributed by atoms with E-state index in [4.69, 9.17) is 18.0 Å². The van der Waals surface area contributed by atoms with Crippen LogP contribution in [0.2, 0.25) is 0 Å². The van der Waals surface area contributed by atoms with E-state index in [0.29, 0.717) is 16.7 Å². The third-order valence-electron chi connectivity index (χ3n) is 3.03. The quantitative estimate of drug-likeness (QED) is 0.806. The van der Waals surface area contributed by atoms with Crippen molar-refractivity contribution >= 4 is 23.0 Å². The second-order valence-corrected chi connectivity index (χ2v) is 4.46. The predicted molar refractivity (Wildman–Crippen MR) is 68.6 cm³/mol. The van der Waals surface area contributed by atoms with Gasteiger partial charge in [0, 0.05) is 12.6 Å². The van der Waals surface area contributed by atoms with Crippen molar-refractivity contribution in [2.45, 2.75) is 32.2 Å². The first-order chi connectivity index (χ1) is 7.72. The summed E-state index contributed by atoms with van der Waals surface area (Å²) < 4.78 is 0. The molecular formula is C11H16N4S. The summed E-state index contributed by atoms with van der Waals surface area (Å²) in [5, 5.41) is 0. The minimum absolute atomic E-state index is 0.299. The lowest BCUT2D eigenvalue weighted by atomic mass is 10.2. The van der Waals surface area contributed by atoms with Gasteiger partial charge in [-0.1, -0.05) is 19.1 Å². The highest BCUT2D eigenvalue weighted by Gasteiger charge is 2.24. The summed E-state index contributed by atoms with van der Waals surface area (Å²) in [6, 6.07) is 0.602. The highest BCUT2D eigenvalue weighted by molar-refractivity contribution is 7.80. The van der Waals surface area contributed by atoms with Crippen molar-refractivity contribution in [3.8, 4) is 0 Å². The van der Waals surface area contributed by atoms with Crippen LogP contribution in [0, 0.1) is 0 Å². The van der Waals surface area contributed by atoms with Crippen LogP contribution in [0.25, 0.3) is 0 Å². The lowest BCUT2D eigenvalue weighted by Crippen LogP contribution is -2.29. The van der Waals surface area contributed by atoms with Gasteiger partial charge in [0.2, 0.25) is 0 Å². The molecule has 0 saturated carbocycles. The van der Waals surface area contributed by atoms with E-state index < -0.39 is 0 Å². The van der Waals surface area contributed by atoms with Gasteiger partial charge in [0.25, 0.3) is 0 Å². The van der Waals surface area contributed by atoms with Crippen molar-refractivity contribution in [1.29, 1.82) is 0 Å². The molecule has 0 amide bonds. The van der Waals surface area contributed by atoms with Crippen molar-refractivity contribution in [2.24, 2.45) is 5.73 Å². The number of anilines is 1. The molecule has 4 nitrogen and oxygen atoms in total. The van der Waals surface area contributed by atoms with Gasteiger partial charge in [0.15, 0.2) is 0 Å². The van der Waals surface area contributed by atoms with Crippen LogP contribution < -0.4 is 10.6 Å². The molecular weight excluding hydrogens is 220 g/mol. The first kappa shape index (κ1) is 11.3. The normalized spacial score (nSPS) is 20.1. The third kappa shape index (κ3) is 2.14. The molecule has 16 heavy (non-hydrogen) atoms. The van der Waals surface area contributed by atoms with Gasteiger partial charge in [-0.2, -0.15) is 0 Å². The maximum absolute atomic E-state index is 5.49. The molecule has 0 radical (unpaired) electrons. The average molecular weight is 236 g/mol.